The van der Waals surface area contributed by atoms with E-state index in [2.05, 4.69) is 4.72 Å². The van der Waals surface area contributed by atoms with Crippen molar-refractivity contribution in [1.82, 2.24) is 14.5 Å². The van der Waals surface area contributed by atoms with Crippen LogP contribution in [0.15, 0.2) is 18.2 Å². The summed E-state index contributed by atoms with van der Waals surface area (Å²) < 4.78 is 71.4. The number of nitrogens with zero attached hydrogens (tertiary/aromatic N) is 2. The normalized spacial score (nSPS) is 24.4. The van der Waals surface area contributed by atoms with Crippen molar-refractivity contribution in [3.05, 3.63) is 35.1 Å². The highest BCUT2D eigenvalue weighted by Gasteiger charge is 2.51. The van der Waals surface area contributed by atoms with Gasteiger partial charge in [0.1, 0.15) is 5.82 Å². The molecule has 4 rings (SSSR count). The second-order valence-corrected chi connectivity index (χ2v) is 8.77. The average molecular weight is 421 g/mol. The lowest BCUT2D eigenvalue weighted by Crippen LogP contribution is -2.71. The molecular formula is C17H19F4N3O3S. The number of alkyl halides is 3. The van der Waals surface area contributed by atoms with Crippen molar-refractivity contribution in [2.75, 3.05) is 31.9 Å². The Kier molecular flexibility index (Phi) is 4.87. The molecule has 3 fully saturated rings. The highest BCUT2D eigenvalue weighted by atomic mass is 32.2. The Hall–Kier alpha value is -1.72. The van der Waals surface area contributed by atoms with Gasteiger partial charge < -0.3 is 14.5 Å². The number of likely N-dealkylation sites (tertiary alicyclic amines) is 2. The van der Waals surface area contributed by atoms with Crippen molar-refractivity contribution in [2.45, 2.75) is 30.8 Å². The maximum atomic E-state index is 13.8. The molecule has 3 aliphatic heterocycles. The van der Waals surface area contributed by atoms with E-state index in [-0.39, 0.29) is 29.8 Å². The van der Waals surface area contributed by atoms with E-state index in [9.17, 15) is 26.6 Å². The molecule has 6 nitrogen and oxygen atoms in total. The summed E-state index contributed by atoms with van der Waals surface area (Å²) in [5, 5.41) is 0. The highest BCUT2D eigenvalue weighted by Crippen LogP contribution is 2.32. The number of rotatable bonds is 3. The zero-order valence-electron chi connectivity index (χ0n) is 14.8. The van der Waals surface area contributed by atoms with Crippen LogP contribution in [0.1, 0.15) is 17.5 Å². The number of urea groups is 1. The van der Waals surface area contributed by atoms with Crippen LogP contribution in [0.25, 0.3) is 0 Å². The first-order chi connectivity index (χ1) is 13.2. The molecule has 0 aliphatic carbocycles. The third-order valence-corrected chi connectivity index (χ3v) is 6.56. The largest absolute Gasteiger partial charge is 0.416 e. The molecule has 11 heteroatoms. The number of ether oxygens (including phenoxy) is 1. The third-order valence-electron chi connectivity index (χ3n) is 5.33. The molecule has 3 aliphatic rings. The molecule has 3 saturated heterocycles. The van der Waals surface area contributed by atoms with Gasteiger partial charge in [0.25, 0.3) is 0 Å². The number of halogens is 4. The molecule has 154 valence electrons. The van der Waals surface area contributed by atoms with E-state index in [4.69, 9.17) is 4.74 Å². The van der Waals surface area contributed by atoms with Crippen LogP contribution in [0.5, 0.6) is 0 Å². The molecule has 0 radical (unpaired) electrons. The first-order valence-corrected chi connectivity index (χ1v) is 10.1. The number of carbonyl (C=O) groups is 1. The highest BCUT2D eigenvalue weighted by molar-refractivity contribution is 7.83. The summed E-state index contributed by atoms with van der Waals surface area (Å²) in [5.74, 6) is -0.364. The Labute approximate surface area is 161 Å². The van der Waals surface area contributed by atoms with Crippen LogP contribution in [0, 0.1) is 5.82 Å². The molecule has 0 saturated carbocycles. The Bertz CT molecular complexity index is 807. The molecule has 1 aromatic carbocycles. The topological polar surface area (TPSA) is 61.9 Å². The van der Waals surface area contributed by atoms with Crippen molar-refractivity contribution in [3.8, 4) is 0 Å². The molecule has 3 heterocycles. The summed E-state index contributed by atoms with van der Waals surface area (Å²) in [4.78, 5) is 15.6. The Balaban J connectivity index is 1.21. The second kappa shape index (κ2) is 6.96. The zero-order valence-corrected chi connectivity index (χ0v) is 15.6. The summed E-state index contributed by atoms with van der Waals surface area (Å²) in [6.07, 6.45) is -4.08. The van der Waals surface area contributed by atoms with Crippen LogP contribution in [0.2, 0.25) is 0 Å². The number of carbonyl (C=O) groups excluding carboxylic acids is 1. The number of nitrogens with one attached hydrogen (secondary N) is 1. The molecule has 1 spiro atoms. The van der Waals surface area contributed by atoms with Crippen molar-refractivity contribution >= 4 is 17.0 Å². The summed E-state index contributed by atoms with van der Waals surface area (Å²) in [5.41, 5.74) is -1.22. The van der Waals surface area contributed by atoms with E-state index in [1.807, 2.05) is 0 Å². The van der Waals surface area contributed by atoms with Gasteiger partial charge in [0, 0.05) is 24.4 Å². The van der Waals surface area contributed by atoms with Crippen molar-refractivity contribution in [2.24, 2.45) is 0 Å². The molecule has 28 heavy (non-hydrogen) atoms. The lowest BCUT2D eigenvalue weighted by atomic mass is 9.88. The summed E-state index contributed by atoms with van der Waals surface area (Å²) >= 11 is 0. The van der Waals surface area contributed by atoms with Crippen LogP contribution in [-0.2, 0) is 28.5 Å². The fourth-order valence-electron chi connectivity index (χ4n) is 3.62. The molecular weight excluding hydrogens is 402 g/mol. The van der Waals surface area contributed by atoms with Crippen LogP contribution in [-0.4, -0.2) is 63.6 Å². The first-order valence-electron chi connectivity index (χ1n) is 8.82. The molecule has 1 unspecified atom stereocenters. The van der Waals surface area contributed by atoms with Crippen LogP contribution in [0.4, 0.5) is 22.4 Å². The Morgan fingerprint density at radius 2 is 2.00 bits per heavy atom. The average Bonchev–Trinajstić information content (AvgIpc) is 2.94. The number of hydrogen-bond acceptors (Lipinski definition) is 3. The van der Waals surface area contributed by atoms with E-state index in [1.54, 1.807) is 9.80 Å². The van der Waals surface area contributed by atoms with E-state index >= 15 is 0 Å². The van der Waals surface area contributed by atoms with E-state index in [0.717, 1.165) is 18.6 Å². The predicted molar refractivity (Wildman–Crippen MR) is 92.0 cm³/mol. The van der Waals surface area contributed by atoms with Crippen LogP contribution < -0.4 is 4.72 Å². The summed E-state index contributed by atoms with van der Waals surface area (Å²) in [6.45, 7) is 1.60. The van der Waals surface area contributed by atoms with Crippen LogP contribution >= 0.6 is 0 Å². The number of amides is 2. The maximum Gasteiger partial charge on any atom is 0.416 e. The quantitative estimate of drug-likeness (QED) is 0.759. The Morgan fingerprint density at radius 1 is 1.29 bits per heavy atom. The number of hydrogen-bond donors (Lipinski definition) is 1. The third kappa shape index (κ3) is 3.74. The molecule has 1 N–H and O–H groups in total. The van der Waals surface area contributed by atoms with Gasteiger partial charge in [-0.25, -0.2) is 18.1 Å². The van der Waals surface area contributed by atoms with Gasteiger partial charge in [-0.3, -0.25) is 0 Å². The Morgan fingerprint density at radius 3 is 2.57 bits per heavy atom. The standard InChI is InChI=1S/C17H19F4N3O3S/c18-14-5-12(17(19,20)21)2-1-11(14)8-27-13-6-23(7-13)15(25)24-9-16(10-24)3-4-28(26)22-16/h1-2,5,13,22H,3-4,6-10H2. The molecule has 1 aromatic rings. The van der Waals surface area contributed by atoms with Gasteiger partial charge in [-0.2, -0.15) is 13.2 Å². The van der Waals surface area contributed by atoms with Gasteiger partial charge in [0.15, 0.2) is 0 Å². The lowest BCUT2D eigenvalue weighted by molar-refractivity contribution is -0.137. The van der Waals surface area contributed by atoms with Gasteiger partial charge in [-0.15, -0.1) is 0 Å². The van der Waals surface area contributed by atoms with E-state index < -0.39 is 28.5 Å². The van der Waals surface area contributed by atoms with Gasteiger partial charge in [-0.05, 0) is 18.6 Å². The van der Waals surface area contributed by atoms with E-state index in [1.165, 1.54) is 0 Å². The van der Waals surface area contributed by atoms with Crippen molar-refractivity contribution in [3.63, 3.8) is 0 Å². The summed E-state index contributed by atoms with van der Waals surface area (Å²) in [6, 6.07) is 2.23. The van der Waals surface area contributed by atoms with Crippen LogP contribution in [0.3, 0.4) is 0 Å². The first kappa shape index (κ1) is 19.6. The monoisotopic (exact) mass is 421 g/mol. The molecule has 0 bridgehead atoms. The molecule has 1 atom stereocenters. The second-order valence-electron chi connectivity index (χ2n) is 7.46. The summed E-state index contributed by atoms with van der Waals surface area (Å²) in [7, 11) is -1.02. The van der Waals surface area contributed by atoms with Gasteiger partial charge in [0.05, 0.1) is 47.9 Å². The minimum Gasteiger partial charge on any atom is -0.370 e. The predicted octanol–water partition coefficient (Wildman–Crippen LogP) is 1.88. The maximum absolute atomic E-state index is 13.8. The van der Waals surface area contributed by atoms with Crippen molar-refractivity contribution in [1.29, 1.82) is 0 Å². The van der Waals surface area contributed by atoms with E-state index in [0.29, 0.717) is 38.0 Å². The lowest BCUT2D eigenvalue weighted by Gasteiger charge is -2.51. The molecule has 2 amide bonds. The zero-order chi connectivity index (χ0) is 20.1. The SMILES string of the molecule is O=C(N1CC(OCc2ccc(C(F)(F)F)cc2F)C1)N1CC2(CCS(=O)N2)C1. The number of benzene rings is 1. The molecule has 0 aromatic heterocycles. The minimum absolute atomic E-state index is 0.0442. The fraction of sp³-hybridized carbons (Fsp3) is 0.588. The fourth-order valence-corrected chi connectivity index (χ4v) is 5.01. The smallest absolute Gasteiger partial charge is 0.370 e. The van der Waals surface area contributed by atoms with Gasteiger partial charge in [-0.1, -0.05) is 6.07 Å². The van der Waals surface area contributed by atoms with Crippen molar-refractivity contribution < 1.29 is 31.3 Å². The van der Waals surface area contributed by atoms with Gasteiger partial charge >= 0.3 is 12.2 Å². The van der Waals surface area contributed by atoms with Gasteiger partial charge in [0.2, 0.25) is 0 Å². The minimum atomic E-state index is -4.59.